The lowest BCUT2D eigenvalue weighted by atomic mass is 9.99. The number of aromatic nitrogens is 1. The fraction of sp³-hybridized carbons (Fsp3) is 0.0312. The molecule has 0 fully saturated rings. The number of hydrogen-bond acceptors (Lipinski definition) is 1. The van der Waals surface area contributed by atoms with Gasteiger partial charge in [0.15, 0.2) is 5.69 Å². The van der Waals surface area contributed by atoms with Crippen LogP contribution in [0.15, 0.2) is 103 Å². The summed E-state index contributed by atoms with van der Waals surface area (Å²) in [4.78, 5) is 3.71. The van der Waals surface area contributed by atoms with Crippen LogP contribution in [0, 0.1) is 13.5 Å². The maximum absolute atomic E-state index is 7.57. The summed E-state index contributed by atoms with van der Waals surface area (Å²) in [6, 6.07) is 36.6. The van der Waals surface area contributed by atoms with E-state index in [1.54, 1.807) is 0 Å². The quantitative estimate of drug-likeness (QED) is 0.225. The zero-order chi connectivity index (χ0) is 23.5. The summed E-state index contributed by atoms with van der Waals surface area (Å²) < 4.78 is 4.95. The Balaban J connectivity index is 1.55. The Kier molecular flexibility index (Phi) is 4.33. The Hall–Kier alpha value is -4.39. The van der Waals surface area contributed by atoms with E-state index in [1.165, 1.54) is 42.2 Å². The first kappa shape index (κ1) is 20.0. The van der Waals surface area contributed by atoms with E-state index in [0.29, 0.717) is 5.69 Å². The molecule has 0 unspecified atom stereocenters. The van der Waals surface area contributed by atoms with Crippen molar-refractivity contribution < 1.29 is 0 Å². The van der Waals surface area contributed by atoms with Crippen molar-refractivity contribution >= 4 is 59.0 Å². The van der Waals surface area contributed by atoms with E-state index in [4.69, 9.17) is 6.57 Å². The van der Waals surface area contributed by atoms with Crippen molar-refractivity contribution in [3.8, 4) is 16.8 Å². The van der Waals surface area contributed by atoms with Crippen molar-refractivity contribution in [3.05, 3.63) is 120 Å². The second-order valence-corrected chi connectivity index (χ2v) is 10.1. The van der Waals surface area contributed by atoms with Crippen LogP contribution in [0.2, 0.25) is 0 Å². The van der Waals surface area contributed by atoms with Gasteiger partial charge in [-0.2, -0.15) is 0 Å². The molecule has 2 aromatic heterocycles. The number of benzene rings is 5. The van der Waals surface area contributed by atoms with E-state index in [1.807, 2.05) is 23.5 Å². The third-order valence-corrected chi connectivity index (χ3v) is 8.10. The first-order chi connectivity index (χ1) is 17.2. The van der Waals surface area contributed by atoms with Gasteiger partial charge in [-0.05, 0) is 77.5 Å². The lowest BCUT2D eigenvalue weighted by Crippen LogP contribution is -1.93. The highest BCUT2D eigenvalue weighted by molar-refractivity contribution is 7.25. The fourth-order valence-corrected chi connectivity index (χ4v) is 6.36. The van der Waals surface area contributed by atoms with Gasteiger partial charge < -0.3 is 4.57 Å². The lowest BCUT2D eigenvalue weighted by molar-refractivity contribution is 1.19. The minimum Gasteiger partial charge on any atom is -0.309 e. The predicted molar refractivity (Wildman–Crippen MR) is 150 cm³/mol. The summed E-state index contributed by atoms with van der Waals surface area (Å²) in [5, 5.41) is 4.86. The largest absolute Gasteiger partial charge is 0.309 e. The van der Waals surface area contributed by atoms with Gasteiger partial charge in [0.05, 0.1) is 17.6 Å². The molecule has 0 amide bonds. The highest BCUT2D eigenvalue weighted by Gasteiger charge is 2.15. The van der Waals surface area contributed by atoms with E-state index >= 15 is 0 Å². The van der Waals surface area contributed by atoms with Crippen LogP contribution in [0.25, 0.3) is 63.6 Å². The van der Waals surface area contributed by atoms with Crippen LogP contribution >= 0.6 is 11.3 Å². The van der Waals surface area contributed by atoms with Gasteiger partial charge in [-0.25, -0.2) is 4.85 Å². The van der Waals surface area contributed by atoms with Gasteiger partial charge >= 0.3 is 0 Å². The summed E-state index contributed by atoms with van der Waals surface area (Å²) in [7, 11) is 0. The summed E-state index contributed by atoms with van der Waals surface area (Å²) in [6.45, 7) is 9.72. The summed E-state index contributed by atoms with van der Waals surface area (Å²) in [6.07, 6.45) is 0. The molecule has 3 heteroatoms. The summed E-state index contributed by atoms with van der Waals surface area (Å²) >= 11 is 1.84. The van der Waals surface area contributed by atoms with E-state index in [9.17, 15) is 0 Å². The Morgan fingerprint density at radius 2 is 1.40 bits per heavy atom. The minimum absolute atomic E-state index is 0.664. The van der Waals surface area contributed by atoms with Crippen LogP contribution in [0.4, 0.5) is 5.69 Å². The highest BCUT2D eigenvalue weighted by Crippen LogP contribution is 2.39. The molecule has 7 rings (SSSR count). The topological polar surface area (TPSA) is 9.29 Å². The summed E-state index contributed by atoms with van der Waals surface area (Å²) in [5.41, 5.74) is 7.76. The number of fused-ring (bicyclic) bond motifs is 6. The van der Waals surface area contributed by atoms with E-state index in [-0.39, 0.29) is 0 Å². The van der Waals surface area contributed by atoms with Crippen molar-refractivity contribution in [3.63, 3.8) is 0 Å². The lowest BCUT2D eigenvalue weighted by Gasteiger charge is -2.10. The molecule has 35 heavy (non-hydrogen) atoms. The van der Waals surface area contributed by atoms with Gasteiger partial charge in [-0.1, -0.05) is 54.6 Å². The van der Waals surface area contributed by atoms with Crippen LogP contribution in [-0.4, -0.2) is 4.57 Å². The van der Waals surface area contributed by atoms with Gasteiger partial charge in [0.25, 0.3) is 0 Å². The maximum Gasteiger partial charge on any atom is 0.188 e. The Morgan fingerprint density at radius 3 is 2.26 bits per heavy atom. The summed E-state index contributed by atoms with van der Waals surface area (Å²) in [5.74, 6) is 0. The molecule has 7 aromatic rings. The first-order valence-corrected chi connectivity index (χ1v) is 12.5. The highest BCUT2D eigenvalue weighted by atomic mass is 32.1. The molecule has 2 heterocycles. The zero-order valence-corrected chi connectivity index (χ0v) is 19.9. The smallest absolute Gasteiger partial charge is 0.188 e. The van der Waals surface area contributed by atoms with Crippen molar-refractivity contribution in [2.24, 2.45) is 0 Å². The second-order valence-electron chi connectivity index (χ2n) is 8.97. The minimum atomic E-state index is 0.664. The number of thiophene rings is 1. The Labute approximate surface area is 207 Å². The van der Waals surface area contributed by atoms with Gasteiger partial charge in [0.2, 0.25) is 0 Å². The van der Waals surface area contributed by atoms with E-state index in [2.05, 4.69) is 107 Å². The van der Waals surface area contributed by atoms with Crippen LogP contribution in [0.3, 0.4) is 0 Å². The number of hydrogen-bond donors (Lipinski definition) is 0. The maximum atomic E-state index is 7.57. The van der Waals surface area contributed by atoms with Crippen molar-refractivity contribution in [1.82, 2.24) is 4.57 Å². The molecule has 0 saturated heterocycles. The SMILES string of the molecule is [C-]#[N+]c1ccc2c(c1)c1cc(-c3ccccc3C)ccc1n2-c1ccc2sc3ccccc3c2c1. The van der Waals surface area contributed by atoms with Gasteiger partial charge in [0.1, 0.15) is 0 Å². The second kappa shape index (κ2) is 7.56. The molecule has 0 atom stereocenters. The molecule has 0 spiro atoms. The van der Waals surface area contributed by atoms with Crippen LogP contribution in [0.5, 0.6) is 0 Å². The monoisotopic (exact) mass is 464 g/mol. The molecular weight excluding hydrogens is 444 g/mol. The van der Waals surface area contributed by atoms with Crippen LogP contribution < -0.4 is 0 Å². The molecule has 0 aliphatic heterocycles. The molecule has 0 radical (unpaired) electrons. The normalized spacial score (nSPS) is 11.5. The van der Waals surface area contributed by atoms with Gasteiger partial charge in [-0.15, -0.1) is 11.3 Å². The molecule has 0 aliphatic rings. The van der Waals surface area contributed by atoms with Crippen LogP contribution in [0.1, 0.15) is 5.56 Å². The molecule has 0 saturated carbocycles. The average Bonchev–Trinajstić information content (AvgIpc) is 3.43. The zero-order valence-electron chi connectivity index (χ0n) is 19.1. The van der Waals surface area contributed by atoms with E-state index < -0.39 is 0 Å². The van der Waals surface area contributed by atoms with Crippen molar-refractivity contribution in [2.75, 3.05) is 0 Å². The van der Waals surface area contributed by atoms with Gasteiger partial charge in [0, 0.05) is 31.2 Å². The molecule has 2 nitrogen and oxygen atoms in total. The first-order valence-electron chi connectivity index (χ1n) is 11.6. The van der Waals surface area contributed by atoms with E-state index in [0.717, 1.165) is 22.1 Å². The molecule has 0 N–H and O–H groups in total. The number of rotatable bonds is 2. The molecular formula is C32H20N2S. The number of aryl methyl sites for hydroxylation is 1. The molecule has 164 valence electrons. The third-order valence-electron chi connectivity index (χ3n) is 6.95. The average molecular weight is 465 g/mol. The standard InChI is InChI=1S/C32H20N2S/c1-20-7-3-4-8-24(20)21-11-14-29-26(17-21)27-18-22(33-2)12-15-30(27)34(29)23-13-16-32-28(19-23)25-9-5-6-10-31(25)35-32/h3-19H,1H3. The van der Waals surface area contributed by atoms with Crippen molar-refractivity contribution in [2.45, 2.75) is 6.92 Å². The Bertz CT molecular complexity index is 1980. The number of nitrogens with zero attached hydrogens (tertiary/aromatic N) is 2. The predicted octanol–water partition coefficient (Wildman–Crippen LogP) is 9.68. The van der Waals surface area contributed by atoms with Crippen LogP contribution in [-0.2, 0) is 0 Å². The Morgan fingerprint density at radius 1 is 0.657 bits per heavy atom. The van der Waals surface area contributed by atoms with Gasteiger partial charge in [-0.3, -0.25) is 0 Å². The van der Waals surface area contributed by atoms with Crippen molar-refractivity contribution in [1.29, 1.82) is 0 Å². The molecule has 0 aliphatic carbocycles. The molecule has 0 bridgehead atoms. The fourth-order valence-electron chi connectivity index (χ4n) is 5.28. The third kappa shape index (κ3) is 3.01. The molecule has 5 aromatic carbocycles.